The number of methoxy groups -OCH3 is 1. The van der Waals surface area contributed by atoms with Crippen LogP contribution in [0.25, 0.3) is 11.1 Å². The van der Waals surface area contributed by atoms with Crippen LogP contribution in [0.1, 0.15) is 29.0 Å². The van der Waals surface area contributed by atoms with Crippen LogP contribution in [0.4, 0.5) is 9.59 Å². The molecule has 0 saturated heterocycles. The molecule has 8 heteroatoms. The second-order valence-corrected chi connectivity index (χ2v) is 8.32. The number of rotatable bonds is 9. The zero-order valence-electron chi connectivity index (χ0n) is 19.9. The van der Waals surface area contributed by atoms with E-state index in [4.69, 9.17) is 14.2 Å². The van der Waals surface area contributed by atoms with Crippen LogP contribution in [-0.4, -0.2) is 44.5 Å². The van der Waals surface area contributed by atoms with Gasteiger partial charge in [-0.05, 0) is 34.2 Å². The third-order valence-corrected chi connectivity index (χ3v) is 6.04. The highest BCUT2D eigenvalue weighted by Crippen LogP contribution is 2.44. The van der Waals surface area contributed by atoms with Crippen LogP contribution in [0, 0.1) is 0 Å². The summed E-state index contributed by atoms with van der Waals surface area (Å²) in [6.07, 6.45) is -1.25. The molecule has 0 aromatic heterocycles. The second-order valence-electron chi connectivity index (χ2n) is 8.32. The molecule has 186 valence electrons. The molecule has 4 rings (SSSR count). The number of carbonyl (C=O) groups excluding carboxylic acids is 3. The van der Waals surface area contributed by atoms with Crippen molar-refractivity contribution in [1.82, 2.24) is 10.6 Å². The van der Waals surface area contributed by atoms with Crippen molar-refractivity contribution in [1.29, 1.82) is 0 Å². The van der Waals surface area contributed by atoms with Crippen LogP contribution in [-0.2, 0) is 25.6 Å². The standard InChI is InChI=1S/C28H28N2O6/c1-34-26(31)25(15-16-29-27(32)35-17-19-9-3-2-4-10-19)30-28(33)36-18-24-22-13-7-5-11-20(22)21-12-6-8-14-23(21)24/h2-14,24-25H,15-18H2,1H3,(H,29,32)(H,30,33)/t25-/m0/s1. The maximum Gasteiger partial charge on any atom is 0.407 e. The Labute approximate surface area is 209 Å². The normalized spacial score (nSPS) is 12.6. The average Bonchev–Trinajstić information content (AvgIpc) is 3.24. The summed E-state index contributed by atoms with van der Waals surface area (Å²) in [4.78, 5) is 36.7. The van der Waals surface area contributed by atoms with Crippen LogP contribution in [0.5, 0.6) is 0 Å². The molecule has 0 heterocycles. The SMILES string of the molecule is COC(=O)[C@H](CCNC(=O)OCc1ccccc1)NC(=O)OCC1c2ccccc2-c2ccccc21. The molecule has 1 aliphatic rings. The van der Waals surface area contributed by atoms with Gasteiger partial charge in [-0.2, -0.15) is 0 Å². The van der Waals surface area contributed by atoms with Crippen molar-refractivity contribution in [3.8, 4) is 11.1 Å². The molecular formula is C28H28N2O6. The Morgan fingerprint density at radius 2 is 1.42 bits per heavy atom. The molecule has 2 amide bonds. The smallest absolute Gasteiger partial charge is 0.407 e. The number of alkyl carbamates (subject to hydrolysis) is 2. The summed E-state index contributed by atoms with van der Waals surface area (Å²) in [7, 11) is 1.23. The predicted octanol–water partition coefficient (Wildman–Crippen LogP) is 4.38. The molecule has 0 bridgehead atoms. The number of hydrogen-bond donors (Lipinski definition) is 2. The first-order chi connectivity index (χ1) is 17.6. The predicted molar refractivity (Wildman–Crippen MR) is 133 cm³/mol. The van der Waals surface area contributed by atoms with Crippen LogP contribution >= 0.6 is 0 Å². The maximum atomic E-state index is 12.6. The number of ether oxygens (including phenoxy) is 3. The highest BCUT2D eigenvalue weighted by atomic mass is 16.6. The lowest BCUT2D eigenvalue weighted by Gasteiger charge is -2.18. The third-order valence-electron chi connectivity index (χ3n) is 6.04. The monoisotopic (exact) mass is 488 g/mol. The molecule has 0 unspecified atom stereocenters. The van der Waals surface area contributed by atoms with E-state index in [9.17, 15) is 14.4 Å². The first-order valence-corrected chi connectivity index (χ1v) is 11.7. The van der Waals surface area contributed by atoms with Crippen molar-refractivity contribution in [2.45, 2.75) is 25.0 Å². The number of amides is 2. The van der Waals surface area contributed by atoms with Gasteiger partial charge in [-0.3, -0.25) is 0 Å². The zero-order chi connectivity index (χ0) is 25.3. The Morgan fingerprint density at radius 1 is 0.806 bits per heavy atom. The molecule has 3 aromatic rings. The first-order valence-electron chi connectivity index (χ1n) is 11.7. The number of esters is 1. The molecule has 0 fully saturated rings. The molecule has 1 atom stereocenters. The Morgan fingerprint density at radius 3 is 2.06 bits per heavy atom. The van der Waals surface area contributed by atoms with Crippen molar-refractivity contribution < 1.29 is 28.6 Å². The lowest BCUT2D eigenvalue weighted by Crippen LogP contribution is -2.44. The molecule has 0 radical (unpaired) electrons. The van der Waals surface area contributed by atoms with Gasteiger partial charge in [0, 0.05) is 12.5 Å². The van der Waals surface area contributed by atoms with E-state index in [1.165, 1.54) is 7.11 Å². The van der Waals surface area contributed by atoms with Gasteiger partial charge in [0.25, 0.3) is 0 Å². The number of fused-ring (bicyclic) bond motifs is 3. The number of benzene rings is 3. The van der Waals surface area contributed by atoms with Crippen molar-refractivity contribution >= 4 is 18.2 Å². The highest BCUT2D eigenvalue weighted by molar-refractivity contribution is 5.82. The highest BCUT2D eigenvalue weighted by Gasteiger charge is 2.30. The molecule has 0 saturated carbocycles. The molecule has 3 aromatic carbocycles. The minimum absolute atomic E-state index is 0.0943. The van der Waals surface area contributed by atoms with E-state index >= 15 is 0 Å². The summed E-state index contributed by atoms with van der Waals surface area (Å²) in [6.45, 7) is 0.347. The lowest BCUT2D eigenvalue weighted by atomic mass is 9.98. The van der Waals surface area contributed by atoms with Gasteiger partial charge in [0.15, 0.2) is 0 Å². The Balaban J connectivity index is 1.27. The third kappa shape index (κ3) is 6.02. The quantitative estimate of drug-likeness (QED) is 0.342. The second kappa shape index (κ2) is 11.9. The molecule has 2 N–H and O–H groups in total. The van der Waals surface area contributed by atoms with Gasteiger partial charge in [-0.1, -0.05) is 78.9 Å². The number of carbonyl (C=O) groups is 3. The fourth-order valence-corrected chi connectivity index (χ4v) is 4.27. The zero-order valence-corrected chi connectivity index (χ0v) is 19.9. The first kappa shape index (κ1) is 24.8. The maximum absolute atomic E-state index is 12.6. The van der Waals surface area contributed by atoms with E-state index in [2.05, 4.69) is 22.8 Å². The summed E-state index contributed by atoms with van der Waals surface area (Å²) in [5, 5.41) is 5.12. The summed E-state index contributed by atoms with van der Waals surface area (Å²) >= 11 is 0. The van der Waals surface area contributed by atoms with E-state index in [0.29, 0.717) is 0 Å². The Hall–Kier alpha value is -4.33. The van der Waals surface area contributed by atoms with Crippen molar-refractivity contribution in [2.75, 3.05) is 20.3 Å². The van der Waals surface area contributed by atoms with E-state index in [0.717, 1.165) is 27.8 Å². The molecule has 0 aliphatic heterocycles. The van der Waals surface area contributed by atoms with E-state index in [1.54, 1.807) is 0 Å². The summed E-state index contributed by atoms with van der Waals surface area (Å²) in [5.41, 5.74) is 5.29. The van der Waals surface area contributed by atoms with Gasteiger partial charge in [-0.15, -0.1) is 0 Å². The van der Waals surface area contributed by atoms with Gasteiger partial charge in [-0.25, -0.2) is 14.4 Å². The minimum atomic E-state index is -0.986. The summed E-state index contributed by atoms with van der Waals surface area (Å²) in [6, 6.07) is 24.3. The fraction of sp³-hybridized carbons (Fsp3) is 0.250. The van der Waals surface area contributed by atoms with Crippen molar-refractivity contribution in [3.05, 3.63) is 95.6 Å². The summed E-state index contributed by atoms with van der Waals surface area (Å²) < 4.78 is 15.5. The van der Waals surface area contributed by atoms with Crippen LogP contribution < -0.4 is 10.6 Å². The largest absolute Gasteiger partial charge is 0.467 e. The van der Waals surface area contributed by atoms with Gasteiger partial charge in [0.2, 0.25) is 0 Å². The molecule has 36 heavy (non-hydrogen) atoms. The van der Waals surface area contributed by atoms with Crippen LogP contribution in [0.3, 0.4) is 0 Å². The van der Waals surface area contributed by atoms with Gasteiger partial charge in [0.05, 0.1) is 7.11 Å². The van der Waals surface area contributed by atoms with E-state index < -0.39 is 24.2 Å². The topological polar surface area (TPSA) is 103 Å². The molecular weight excluding hydrogens is 460 g/mol. The van der Waals surface area contributed by atoms with Crippen molar-refractivity contribution in [2.24, 2.45) is 0 Å². The van der Waals surface area contributed by atoms with E-state index in [1.807, 2.05) is 66.7 Å². The summed E-state index contributed by atoms with van der Waals surface area (Å²) in [5.74, 6) is -0.733. The number of nitrogens with one attached hydrogen (secondary N) is 2. The Bertz CT molecular complexity index is 1170. The lowest BCUT2D eigenvalue weighted by molar-refractivity contribution is -0.143. The minimum Gasteiger partial charge on any atom is -0.467 e. The van der Waals surface area contributed by atoms with Crippen molar-refractivity contribution in [3.63, 3.8) is 0 Å². The molecule has 8 nitrogen and oxygen atoms in total. The molecule has 0 spiro atoms. The Kier molecular flexibility index (Phi) is 8.18. The van der Waals surface area contributed by atoms with Gasteiger partial charge in [0.1, 0.15) is 19.3 Å². The fourth-order valence-electron chi connectivity index (χ4n) is 4.27. The van der Waals surface area contributed by atoms with Gasteiger partial charge >= 0.3 is 18.2 Å². The van der Waals surface area contributed by atoms with Crippen LogP contribution in [0.2, 0.25) is 0 Å². The van der Waals surface area contributed by atoms with E-state index in [-0.39, 0.29) is 32.1 Å². The van der Waals surface area contributed by atoms with Gasteiger partial charge < -0.3 is 24.8 Å². The molecule has 1 aliphatic carbocycles. The number of hydrogen-bond acceptors (Lipinski definition) is 6. The van der Waals surface area contributed by atoms with Crippen LogP contribution in [0.15, 0.2) is 78.9 Å². The average molecular weight is 489 g/mol.